The standard InChI is InChI=1S/C15H17Cl2N3/c16-12-6-11(7-13(17)8-12)9-19-14-2-1-3-15(14)20-5-4-18-10-20/h4-8,10,14-15,19H,1-3,9H2. The molecule has 3 nitrogen and oxygen atoms in total. The van der Waals surface area contributed by atoms with E-state index in [1.54, 1.807) is 6.07 Å². The van der Waals surface area contributed by atoms with Crippen LogP contribution in [0.3, 0.4) is 0 Å². The van der Waals surface area contributed by atoms with Crippen LogP contribution >= 0.6 is 23.2 Å². The number of aromatic nitrogens is 2. The second-order valence-electron chi connectivity index (χ2n) is 5.27. The fraction of sp³-hybridized carbons (Fsp3) is 0.400. The number of hydrogen-bond donors (Lipinski definition) is 1. The van der Waals surface area contributed by atoms with E-state index in [0.29, 0.717) is 22.1 Å². The highest BCUT2D eigenvalue weighted by molar-refractivity contribution is 6.34. The largest absolute Gasteiger partial charge is 0.333 e. The first-order chi connectivity index (χ1) is 9.72. The minimum Gasteiger partial charge on any atom is -0.333 e. The van der Waals surface area contributed by atoms with Gasteiger partial charge in [0, 0.05) is 41.1 Å². The van der Waals surface area contributed by atoms with Gasteiger partial charge in [-0.05, 0) is 43.0 Å². The van der Waals surface area contributed by atoms with Crippen LogP contribution in [0, 0.1) is 0 Å². The summed E-state index contributed by atoms with van der Waals surface area (Å²) in [6, 6.07) is 6.65. The molecule has 1 saturated carbocycles. The Morgan fingerprint density at radius 3 is 2.70 bits per heavy atom. The Bertz CT molecular complexity index is 548. The third-order valence-electron chi connectivity index (χ3n) is 3.88. The van der Waals surface area contributed by atoms with E-state index in [0.717, 1.165) is 12.1 Å². The van der Waals surface area contributed by atoms with Crippen LogP contribution in [-0.2, 0) is 6.54 Å². The van der Waals surface area contributed by atoms with Crippen molar-refractivity contribution >= 4 is 23.2 Å². The smallest absolute Gasteiger partial charge is 0.0949 e. The van der Waals surface area contributed by atoms with Crippen molar-refractivity contribution in [3.63, 3.8) is 0 Å². The van der Waals surface area contributed by atoms with Crippen LogP contribution in [0.2, 0.25) is 10.0 Å². The molecular formula is C15H17Cl2N3. The SMILES string of the molecule is Clc1cc(Cl)cc(CNC2CCCC2n2ccnc2)c1. The fourth-order valence-electron chi connectivity index (χ4n) is 2.96. The minimum absolute atomic E-state index is 0.474. The number of nitrogens with zero attached hydrogens (tertiary/aromatic N) is 2. The lowest BCUT2D eigenvalue weighted by atomic mass is 10.1. The highest BCUT2D eigenvalue weighted by Gasteiger charge is 2.27. The van der Waals surface area contributed by atoms with Crippen molar-refractivity contribution in [2.75, 3.05) is 0 Å². The zero-order valence-electron chi connectivity index (χ0n) is 11.1. The first-order valence-corrected chi connectivity index (χ1v) is 7.64. The van der Waals surface area contributed by atoms with Crippen LogP contribution in [0.4, 0.5) is 0 Å². The molecular weight excluding hydrogens is 293 g/mol. The first-order valence-electron chi connectivity index (χ1n) is 6.88. The predicted molar refractivity (Wildman–Crippen MR) is 82.2 cm³/mol. The van der Waals surface area contributed by atoms with Crippen molar-refractivity contribution in [2.45, 2.75) is 37.9 Å². The van der Waals surface area contributed by atoms with Crippen LogP contribution < -0.4 is 5.32 Å². The monoisotopic (exact) mass is 309 g/mol. The van der Waals surface area contributed by atoms with Gasteiger partial charge in [-0.2, -0.15) is 0 Å². The molecule has 0 radical (unpaired) electrons. The summed E-state index contributed by atoms with van der Waals surface area (Å²) in [7, 11) is 0. The van der Waals surface area contributed by atoms with E-state index in [-0.39, 0.29) is 0 Å². The van der Waals surface area contributed by atoms with E-state index in [1.165, 1.54) is 19.3 Å². The van der Waals surface area contributed by atoms with E-state index >= 15 is 0 Å². The van der Waals surface area contributed by atoms with Gasteiger partial charge in [-0.3, -0.25) is 0 Å². The topological polar surface area (TPSA) is 29.9 Å². The Hall–Kier alpha value is -1.03. The summed E-state index contributed by atoms with van der Waals surface area (Å²) >= 11 is 12.1. The molecule has 2 atom stereocenters. The summed E-state index contributed by atoms with van der Waals surface area (Å²) < 4.78 is 2.20. The van der Waals surface area contributed by atoms with Gasteiger partial charge < -0.3 is 9.88 Å². The Morgan fingerprint density at radius 1 is 1.20 bits per heavy atom. The maximum absolute atomic E-state index is 6.03. The number of benzene rings is 1. The highest BCUT2D eigenvalue weighted by atomic mass is 35.5. The maximum atomic E-state index is 6.03. The van der Waals surface area contributed by atoms with Gasteiger partial charge in [0.05, 0.1) is 6.33 Å². The van der Waals surface area contributed by atoms with Crippen molar-refractivity contribution in [1.82, 2.24) is 14.9 Å². The Balaban J connectivity index is 1.65. The number of imidazole rings is 1. The third kappa shape index (κ3) is 3.17. The first kappa shape index (κ1) is 13.9. The predicted octanol–water partition coefficient (Wildman–Crippen LogP) is 4.07. The molecule has 0 amide bonds. The van der Waals surface area contributed by atoms with Gasteiger partial charge in [0.15, 0.2) is 0 Å². The van der Waals surface area contributed by atoms with E-state index in [9.17, 15) is 0 Å². The lowest BCUT2D eigenvalue weighted by Crippen LogP contribution is -2.33. The van der Waals surface area contributed by atoms with Gasteiger partial charge in [0.25, 0.3) is 0 Å². The molecule has 1 fully saturated rings. The fourth-order valence-corrected chi connectivity index (χ4v) is 3.53. The molecule has 1 aliphatic rings. The summed E-state index contributed by atoms with van der Waals surface area (Å²) in [6.07, 6.45) is 9.42. The molecule has 3 rings (SSSR count). The zero-order valence-corrected chi connectivity index (χ0v) is 12.6. The third-order valence-corrected chi connectivity index (χ3v) is 4.31. The van der Waals surface area contributed by atoms with Crippen LogP contribution in [0.25, 0.3) is 0 Å². The number of rotatable bonds is 4. The Labute approximate surface area is 128 Å². The molecule has 1 heterocycles. The number of halogens is 2. The van der Waals surface area contributed by atoms with E-state index < -0.39 is 0 Å². The lowest BCUT2D eigenvalue weighted by Gasteiger charge is -2.22. The Kier molecular flexibility index (Phi) is 4.29. The molecule has 2 unspecified atom stereocenters. The molecule has 0 bridgehead atoms. The second-order valence-corrected chi connectivity index (χ2v) is 6.15. The summed E-state index contributed by atoms with van der Waals surface area (Å²) in [5.41, 5.74) is 1.12. The quantitative estimate of drug-likeness (QED) is 0.922. The van der Waals surface area contributed by atoms with Crippen molar-refractivity contribution in [2.24, 2.45) is 0 Å². The summed E-state index contributed by atoms with van der Waals surface area (Å²) in [5, 5.41) is 5.00. The van der Waals surface area contributed by atoms with Gasteiger partial charge in [0.2, 0.25) is 0 Å². The minimum atomic E-state index is 0.474. The van der Waals surface area contributed by atoms with E-state index in [1.807, 2.05) is 30.9 Å². The molecule has 20 heavy (non-hydrogen) atoms. The molecule has 1 aromatic heterocycles. The molecule has 0 aliphatic heterocycles. The van der Waals surface area contributed by atoms with Crippen molar-refractivity contribution in [3.05, 3.63) is 52.5 Å². The molecule has 2 aromatic rings. The molecule has 106 valence electrons. The number of nitrogens with one attached hydrogen (secondary N) is 1. The van der Waals surface area contributed by atoms with Gasteiger partial charge in [-0.1, -0.05) is 23.2 Å². The highest BCUT2D eigenvalue weighted by Crippen LogP contribution is 2.30. The molecule has 1 aliphatic carbocycles. The van der Waals surface area contributed by atoms with E-state index in [2.05, 4.69) is 14.9 Å². The van der Waals surface area contributed by atoms with Gasteiger partial charge in [-0.25, -0.2) is 4.98 Å². The summed E-state index contributed by atoms with van der Waals surface area (Å²) in [4.78, 5) is 4.14. The maximum Gasteiger partial charge on any atom is 0.0949 e. The summed E-state index contributed by atoms with van der Waals surface area (Å²) in [5.74, 6) is 0. The lowest BCUT2D eigenvalue weighted by molar-refractivity contribution is 0.390. The number of hydrogen-bond acceptors (Lipinski definition) is 2. The van der Waals surface area contributed by atoms with E-state index in [4.69, 9.17) is 23.2 Å². The van der Waals surface area contributed by atoms with Crippen molar-refractivity contribution < 1.29 is 0 Å². The molecule has 5 heteroatoms. The van der Waals surface area contributed by atoms with Crippen LogP contribution in [0.15, 0.2) is 36.9 Å². The molecule has 1 N–H and O–H groups in total. The van der Waals surface area contributed by atoms with Crippen molar-refractivity contribution in [1.29, 1.82) is 0 Å². The van der Waals surface area contributed by atoms with Gasteiger partial charge in [0.1, 0.15) is 0 Å². The average molecular weight is 310 g/mol. The average Bonchev–Trinajstić information content (AvgIpc) is 3.06. The van der Waals surface area contributed by atoms with Gasteiger partial charge in [-0.15, -0.1) is 0 Å². The van der Waals surface area contributed by atoms with Crippen LogP contribution in [-0.4, -0.2) is 15.6 Å². The van der Waals surface area contributed by atoms with Crippen molar-refractivity contribution in [3.8, 4) is 0 Å². The molecule has 0 spiro atoms. The summed E-state index contributed by atoms with van der Waals surface area (Å²) in [6.45, 7) is 0.788. The normalized spacial score (nSPS) is 22.3. The molecule has 0 saturated heterocycles. The van der Waals surface area contributed by atoms with Crippen LogP contribution in [0.1, 0.15) is 30.9 Å². The zero-order chi connectivity index (χ0) is 13.9. The molecule has 1 aromatic carbocycles. The second kappa shape index (κ2) is 6.17. The van der Waals surface area contributed by atoms with Crippen LogP contribution in [0.5, 0.6) is 0 Å². The Morgan fingerprint density at radius 2 is 2.00 bits per heavy atom. The van der Waals surface area contributed by atoms with Gasteiger partial charge >= 0.3 is 0 Å².